The van der Waals surface area contributed by atoms with Crippen LogP contribution in [0.25, 0.3) is 6.08 Å². The van der Waals surface area contributed by atoms with Crippen LogP contribution < -0.4 is 24.4 Å². The van der Waals surface area contributed by atoms with Gasteiger partial charge in [0.25, 0.3) is 11.5 Å². The summed E-state index contributed by atoms with van der Waals surface area (Å²) in [5.74, 6) is 0.650. The number of methoxy groups -OCH3 is 1. The number of likely N-dealkylation sites (tertiary alicyclic amines) is 1. The number of aromatic nitrogens is 1. The Morgan fingerprint density at radius 1 is 1.07 bits per heavy atom. The molecule has 42 heavy (non-hydrogen) atoms. The molecule has 220 valence electrons. The Balaban J connectivity index is 1.52. The number of carbonyl (C=O) groups excluding carboxylic acids is 2. The first kappa shape index (κ1) is 29.3. The monoisotopic (exact) mass is 589 g/mol. The predicted octanol–water partition coefficient (Wildman–Crippen LogP) is 3.59. The molecule has 2 aliphatic rings. The smallest absolute Gasteiger partial charge is 0.338 e. The van der Waals surface area contributed by atoms with E-state index in [0.717, 1.165) is 37.9 Å². The van der Waals surface area contributed by atoms with Gasteiger partial charge < -0.3 is 19.1 Å². The van der Waals surface area contributed by atoms with Crippen molar-refractivity contribution in [1.29, 1.82) is 0 Å². The minimum absolute atomic E-state index is 0.00376. The Morgan fingerprint density at radius 3 is 2.50 bits per heavy atom. The van der Waals surface area contributed by atoms with Crippen LogP contribution in [-0.4, -0.2) is 54.8 Å². The van der Waals surface area contributed by atoms with Crippen molar-refractivity contribution < 1.29 is 23.8 Å². The van der Waals surface area contributed by atoms with Crippen molar-refractivity contribution in [3.63, 3.8) is 0 Å². The molecule has 1 saturated heterocycles. The summed E-state index contributed by atoms with van der Waals surface area (Å²) in [4.78, 5) is 46.8. The van der Waals surface area contributed by atoms with Gasteiger partial charge in [-0.1, -0.05) is 55.0 Å². The van der Waals surface area contributed by atoms with Crippen molar-refractivity contribution in [2.75, 3.05) is 33.4 Å². The van der Waals surface area contributed by atoms with E-state index >= 15 is 0 Å². The van der Waals surface area contributed by atoms with Crippen LogP contribution >= 0.6 is 11.3 Å². The lowest BCUT2D eigenvalue weighted by molar-refractivity contribution is -0.139. The summed E-state index contributed by atoms with van der Waals surface area (Å²) in [7, 11) is 1.57. The lowest BCUT2D eigenvalue weighted by Gasteiger charge is -2.26. The van der Waals surface area contributed by atoms with Crippen LogP contribution in [0.4, 0.5) is 0 Å². The minimum Gasteiger partial charge on any atom is -0.496 e. The quantitative estimate of drug-likeness (QED) is 0.335. The summed E-state index contributed by atoms with van der Waals surface area (Å²) in [6.07, 6.45) is 5.21. The number of ether oxygens (including phenoxy) is 3. The summed E-state index contributed by atoms with van der Waals surface area (Å²) < 4.78 is 18.9. The summed E-state index contributed by atoms with van der Waals surface area (Å²) in [5, 5.41) is 0. The summed E-state index contributed by atoms with van der Waals surface area (Å²) >= 11 is 1.28. The van der Waals surface area contributed by atoms with Crippen LogP contribution in [-0.2, 0) is 14.3 Å². The molecular formula is C32H35N3O6S. The van der Waals surface area contributed by atoms with E-state index in [2.05, 4.69) is 0 Å². The van der Waals surface area contributed by atoms with Crippen molar-refractivity contribution in [3.05, 3.63) is 90.6 Å². The molecule has 3 heterocycles. The number of carbonyl (C=O) groups is 2. The highest BCUT2D eigenvalue weighted by molar-refractivity contribution is 7.07. The standard InChI is InChI=1S/C32H35N3O6S/c1-4-10-24-28(31(38)40-5-2)29(23-11-6-7-12-25(23)39-3)35-30(37)26(42-32(35)33-24)19-21-13-15-22(16-14-21)41-20-27(36)34-17-8-9-18-34/h6-7,11-16,19,29H,4-5,8-10,17-18,20H2,1-3H3/b26-19+/t29-/m1/s1. The molecule has 0 bridgehead atoms. The maximum Gasteiger partial charge on any atom is 0.338 e. The van der Waals surface area contributed by atoms with Gasteiger partial charge in [0.2, 0.25) is 0 Å². The van der Waals surface area contributed by atoms with Gasteiger partial charge in [-0.2, -0.15) is 0 Å². The van der Waals surface area contributed by atoms with E-state index in [4.69, 9.17) is 19.2 Å². The molecule has 9 nitrogen and oxygen atoms in total. The topological polar surface area (TPSA) is 99.4 Å². The number of para-hydroxylation sites is 1. The third-order valence-corrected chi connectivity index (χ3v) is 8.31. The van der Waals surface area contributed by atoms with Crippen molar-refractivity contribution in [2.45, 2.75) is 45.6 Å². The Morgan fingerprint density at radius 2 is 1.81 bits per heavy atom. The number of thiazole rings is 1. The third kappa shape index (κ3) is 6.04. The van der Waals surface area contributed by atoms with Crippen molar-refractivity contribution >= 4 is 29.3 Å². The van der Waals surface area contributed by atoms with Gasteiger partial charge in [-0.05, 0) is 56.0 Å². The van der Waals surface area contributed by atoms with Gasteiger partial charge in [-0.3, -0.25) is 14.2 Å². The Bertz CT molecular complexity index is 1670. The maximum absolute atomic E-state index is 14.0. The first-order chi connectivity index (χ1) is 20.4. The fourth-order valence-corrected chi connectivity index (χ4v) is 6.34. The van der Waals surface area contributed by atoms with Gasteiger partial charge in [0.05, 0.1) is 29.5 Å². The SMILES string of the molecule is CCCC1=C(C(=O)OCC)[C@@H](c2ccccc2OC)n2c(s/c(=C/c3ccc(OCC(=O)N4CCCC4)cc3)c2=O)=N1. The minimum atomic E-state index is -0.746. The van der Waals surface area contributed by atoms with E-state index in [-0.39, 0.29) is 24.7 Å². The van der Waals surface area contributed by atoms with E-state index < -0.39 is 12.0 Å². The molecule has 2 aromatic carbocycles. The molecule has 3 aromatic rings. The predicted molar refractivity (Wildman–Crippen MR) is 160 cm³/mol. The largest absolute Gasteiger partial charge is 0.496 e. The molecule has 0 spiro atoms. The average molecular weight is 590 g/mol. The van der Waals surface area contributed by atoms with Crippen molar-refractivity contribution in [1.82, 2.24) is 9.47 Å². The van der Waals surface area contributed by atoms with Crippen LogP contribution in [0.2, 0.25) is 0 Å². The number of fused-ring (bicyclic) bond motifs is 1. The lowest BCUT2D eigenvalue weighted by Crippen LogP contribution is -2.40. The summed E-state index contributed by atoms with van der Waals surface area (Å²) in [5.41, 5.74) is 2.19. The van der Waals surface area contributed by atoms with Crippen LogP contribution in [0.1, 0.15) is 56.7 Å². The fourth-order valence-electron chi connectivity index (χ4n) is 5.32. The zero-order valence-corrected chi connectivity index (χ0v) is 24.9. The van der Waals surface area contributed by atoms with Gasteiger partial charge in [-0.25, -0.2) is 9.79 Å². The second-order valence-corrected chi connectivity index (χ2v) is 11.1. The molecule has 10 heteroatoms. The van der Waals surface area contributed by atoms with E-state index in [0.29, 0.717) is 44.1 Å². The molecule has 0 N–H and O–H groups in total. The number of esters is 1. The first-order valence-corrected chi connectivity index (χ1v) is 15.1. The normalized spacial score (nSPS) is 16.7. The van der Waals surface area contributed by atoms with E-state index in [1.165, 1.54) is 11.3 Å². The van der Waals surface area contributed by atoms with Crippen molar-refractivity contribution in [3.8, 4) is 11.5 Å². The lowest BCUT2D eigenvalue weighted by atomic mass is 9.93. The van der Waals surface area contributed by atoms with Crippen LogP contribution in [0, 0.1) is 0 Å². The van der Waals surface area contributed by atoms with Gasteiger partial charge in [0.1, 0.15) is 17.5 Å². The number of allylic oxidation sites excluding steroid dienone is 1. The molecule has 2 aliphatic heterocycles. The van der Waals surface area contributed by atoms with E-state index in [1.807, 2.05) is 48.2 Å². The Labute approximate surface area is 248 Å². The van der Waals surface area contributed by atoms with Crippen LogP contribution in [0.15, 0.2) is 69.6 Å². The highest BCUT2D eigenvalue weighted by atomic mass is 32.1. The Kier molecular flexibility index (Phi) is 9.22. The maximum atomic E-state index is 14.0. The van der Waals surface area contributed by atoms with Gasteiger partial charge in [0, 0.05) is 18.7 Å². The number of hydrogen-bond acceptors (Lipinski definition) is 8. The summed E-state index contributed by atoms with van der Waals surface area (Å²) in [6.45, 7) is 5.57. The molecule has 0 aliphatic carbocycles. The molecule has 1 fully saturated rings. The molecule has 1 aromatic heterocycles. The number of amides is 1. The van der Waals surface area contributed by atoms with Gasteiger partial charge >= 0.3 is 5.97 Å². The number of hydrogen-bond donors (Lipinski definition) is 0. The fraction of sp³-hybridized carbons (Fsp3) is 0.375. The highest BCUT2D eigenvalue weighted by Crippen LogP contribution is 2.36. The average Bonchev–Trinajstić information content (AvgIpc) is 3.65. The molecule has 0 unspecified atom stereocenters. The molecule has 5 rings (SSSR count). The third-order valence-electron chi connectivity index (χ3n) is 7.32. The second kappa shape index (κ2) is 13.2. The van der Waals surface area contributed by atoms with E-state index in [1.54, 1.807) is 36.8 Å². The zero-order chi connectivity index (χ0) is 29.6. The second-order valence-electron chi connectivity index (χ2n) is 10.1. The Hall–Kier alpha value is -4.18. The van der Waals surface area contributed by atoms with Crippen LogP contribution in [0.5, 0.6) is 11.5 Å². The van der Waals surface area contributed by atoms with E-state index in [9.17, 15) is 14.4 Å². The molecular weight excluding hydrogens is 554 g/mol. The first-order valence-electron chi connectivity index (χ1n) is 14.3. The summed E-state index contributed by atoms with van der Waals surface area (Å²) in [6, 6.07) is 13.9. The van der Waals surface area contributed by atoms with Gasteiger partial charge in [0.15, 0.2) is 11.4 Å². The molecule has 0 radical (unpaired) electrons. The molecule has 0 saturated carbocycles. The van der Waals surface area contributed by atoms with Crippen LogP contribution in [0.3, 0.4) is 0 Å². The number of nitrogens with zero attached hydrogens (tertiary/aromatic N) is 3. The van der Waals surface area contributed by atoms with Crippen molar-refractivity contribution in [2.24, 2.45) is 4.99 Å². The highest BCUT2D eigenvalue weighted by Gasteiger charge is 2.35. The zero-order valence-electron chi connectivity index (χ0n) is 24.1. The van der Waals surface area contributed by atoms with Gasteiger partial charge in [-0.15, -0.1) is 0 Å². The number of benzene rings is 2. The number of rotatable bonds is 10. The molecule has 1 amide bonds. The molecule has 1 atom stereocenters.